The van der Waals surface area contributed by atoms with Gasteiger partial charge in [0.05, 0.1) is 0 Å². The molecule has 0 fully saturated rings. The zero-order valence-electron chi connectivity index (χ0n) is 12.2. The van der Waals surface area contributed by atoms with E-state index in [4.69, 9.17) is 0 Å². The number of benzene rings is 3. The van der Waals surface area contributed by atoms with Gasteiger partial charge in [0.25, 0.3) is 0 Å². The van der Waals surface area contributed by atoms with Gasteiger partial charge in [-0.3, -0.25) is 0 Å². The minimum absolute atomic E-state index is 0. The molecular weight excluding hydrogens is 412 g/mol. The molecule has 0 saturated carbocycles. The van der Waals surface area contributed by atoms with Gasteiger partial charge in [-0.2, -0.15) is 0 Å². The van der Waals surface area contributed by atoms with Crippen molar-refractivity contribution in [1.29, 1.82) is 0 Å². The van der Waals surface area contributed by atoms with Crippen LogP contribution < -0.4 is 15.9 Å². The Morgan fingerprint density at radius 1 is 0.364 bits per heavy atom. The third-order valence-corrected chi connectivity index (χ3v) is 3.55. The number of rotatable bonds is 0. The third-order valence-electron chi connectivity index (χ3n) is 2.40. The molecule has 0 aliphatic carbocycles. The van der Waals surface area contributed by atoms with Gasteiger partial charge in [-0.25, -0.2) is 0 Å². The van der Waals surface area contributed by atoms with Crippen LogP contribution in [-0.4, -0.2) is 0 Å². The third kappa shape index (κ3) is 12.2. The first kappa shape index (κ1) is 21.6. The fourth-order valence-corrected chi connectivity index (χ4v) is 2.03. The first-order chi connectivity index (χ1) is 10.2. The van der Waals surface area contributed by atoms with E-state index in [9.17, 15) is 0 Å². The van der Waals surface area contributed by atoms with E-state index in [-0.39, 0.29) is 19.5 Å². The molecule has 3 aromatic carbocycles. The average Bonchev–Trinajstić information content (AvgIpc) is 2.51. The molecule has 1 radical (unpaired) electrons. The van der Waals surface area contributed by atoms with Crippen molar-refractivity contribution in [2.45, 2.75) is 0 Å². The summed E-state index contributed by atoms with van der Waals surface area (Å²) in [5.41, 5.74) is 0. The van der Waals surface area contributed by atoms with Gasteiger partial charge < -0.3 is 0 Å². The van der Waals surface area contributed by atoms with Crippen molar-refractivity contribution in [1.82, 2.24) is 0 Å². The molecule has 0 heterocycles. The van der Waals surface area contributed by atoms with E-state index < -0.39 is 0 Å². The first-order valence-electron chi connectivity index (χ1n) is 6.60. The summed E-state index contributed by atoms with van der Waals surface area (Å²) in [4.78, 5) is 0. The maximum atomic E-state index is 2.63. The summed E-state index contributed by atoms with van der Waals surface area (Å²) >= 11 is 0. The minimum atomic E-state index is 0. The van der Waals surface area contributed by atoms with Gasteiger partial charge in [0.1, 0.15) is 0 Å². The van der Waals surface area contributed by atoms with Gasteiger partial charge in [0.2, 0.25) is 0 Å². The van der Waals surface area contributed by atoms with Crippen molar-refractivity contribution < 1.29 is 19.5 Å². The predicted molar refractivity (Wildman–Crippen MR) is 107 cm³/mol. The molecule has 0 aromatic heterocycles. The molecule has 0 saturated heterocycles. The van der Waals surface area contributed by atoms with Crippen LogP contribution in [0, 0.1) is 0 Å². The molecule has 4 heteroatoms. The molecule has 0 nitrogen and oxygen atoms in total. The van der Waals surface area contributed by atoms with E-state index in [0.29, 0.717) is 0 Å². The van der Waals surface area contributed by atoms with Crippen LogP contribution in [0.2, 0.25) is 0 Å². The van der Waals surface area contributed by atoms with Gasteiger partial charge in [-0.1, -0.05) is 91.0 Å². The van der Waals surface area contributed by atoms with Crippen LogP contribution in [0.4, 0.5) is 0 Å². The van der Waals surface area contributed by atoms with Crippen molar-refractivity contribution in [3.05, 3.63) is 91.0 Å². The average molecular weight is 433 g/mol. The second-order valence-electron chi connectivity index (χ2n) is 4.23. The van der Waals surface area contributed by atoms with E-state index in [1.807, 2.05) is 91.0 Å². The van der Waals surface area contributed by atoms with Crippen molar-refractivity contribution in [2.75, 3.05) is 0 Å². The number of hydrogen-bond donors (Lipinski definition) is 0. The molecule has 3 rings (SSSR count). The second kappa shape index (κ2) is 14.2. The van der Waals surface area contributed by atoms with Crippen molar-refractivity contribution in [3.63, 3.8) is 0 Å². The Morgan fingerprint density at radius 3 is 0.636 bits per heavy atom. The smallest absolute Gasteiger partial charge is 0 e. The van der Waals surface area contributed by atoms with Crippen LogP contribution in [-0.2, 0) is 19.5 Å². The minimum Gasteiger partial charge on any atom is -0.106 e. The molecule has 3 aromatic rings. The van der Waals surface area contributed by atoms with E-state index in [1.165, 1.54) is 15.9 Å². The molecule has 0 N–H and O–H groups in total. The largest absolute Gasteiger partial charge is 0.106 e. The molecular formula is C18H21P3Rh. The molecule has 0 amide bonds. The molecule has 0 aliphatic rings. The molecule has 3 atom stereocenters. The Bertz CT molecular complexity index is 497. The molecule has 0 bridgehead atoms. The molecule has 3 unspecified atom stereocenters. The zero-order chi connectivity index (χ0) is 15.3. The summed E-state index contributed by atoms with van der Waals surface area (Å²) in [6.45, 7) is 0. The Balaban J connectivity index is 0.000000294. The van der Waals surface area contributed by atoms with Crippen LogP contribution in [0.5, 0.6) is 0 Å². The van der Waals surface area contributed by atoms with Crippen molar-refractivity contribution >= 4 is 43.6 Å². The molecule has 0 aliphatic heterocycles. The molecule has 22 heavy (non-hydrogen) atoms. The van der Waals surface area contributed by atoms with Crippen LogP contribution >= 0.6 is 27.7 Å². The molecule has 0 spiro atoms. The zero-order valence-corrected chi connectivity index (χ0v) is 17.3. The maximum Gasteiger partial charge on any atom is 0 e. The summed E-state index contributed by atoms with van der Waals surface area (Å²) in [5, 5.41) is 3.72. The van der Waals surface area contributed by atoms with Crippen molar-refractivity contribution in [2.24, 2.45) is 0 Å². The first-order valence-corrected chi connectivity index (χ1v) is 8.33. The van der Waals surface area contributed by atoms with E-state index in [2.05, 4.69) is 27.7 Å². The monoisotopic (exact) mass is 433 g/mol. The topological polar surface area (TPSA) is 0 Å². The summed E-state index contributed by atoms with van der Waals surface area (Å²) in [7, 11) is 7.89. The van der Waals surface area contributed by atoms with E-state index in [0.717, 1.165) is 0 Å². The van der Waals surface area contributed by atoms with Gasteiger partial charge in [-0.05, 0) is 15.9 Å². The second-order valence-corrected chi connectivity index (χ2v) is 6.23. The number of hydrogen-bond acceptors (Lipinski definition) is 0. The Morgan fingerprint density at radius 2 is 0.545 bits per heavy atom. The normalized spacial score (nSPS) is 8.32. The molecule has 117 valence electrons. The standard InChI is InChI=1S/3C6H7P.Rh/c3*7-6-4-2-1-3-5-6;/h3*1-5H,7H2;. The summed E-state index contributed by atoms with van der Waals surface area (Å²) in [6.07, 6.45) is 0. The predicted octanol–water partition coefficient (Wildman–Crippen LogP) is 3.56. The summed E-state index contributed by atoms with van der Waals surface area (Å²) < 4.78 is 0. The van der Waals surface area contributed by atoms with E-state index >= 15 is 0 Å². The maximum absolute atomic E-state index is 2.63. The Hall–Kier alpha value is -0.427. The van der Waals surface area contributed by atoms with Gasteiger partial charge in [-0.15, -0.1) is 27.7 Å². The van der Waals surface area contributed by atoms with Crippen LogP contribution in [0.15, 0.2) is 91.0 Å². The van der Waals surface area contributed by atoms with Gasteiger partial charge in [0.15, 0.2) is 0 Å². The van der Waals surface area contributed by atoms with E-state index in [1.54, 1.807) is 0 Å². The van der Waals surface area contributed by atoms with Gasteiger partial charge >= 0.3 is 0 Å². The SMILES string of the molecule is Pc1ccccc1.Pc1ccccc1.Pc1ccccc1.[Rh]. The summed E-state index contributed by atoms with van der Waals surface area (Å²) in [6, 6.07) is 30.4. The van der Waals surface area contributed by atoms with Crippen LogP contribution in [0.25, 0.3) is 0 Å². The fraction of sp³-hybridized carbons (Fsp3) is 0. The Labute approximate surface area is 153 Å². The fourth-order valence-electron chi connectivity index (χ4n) is 1.36. The van der Waals surface area contributed by atoms with Crippen LogP contribution in [0.3, 0.4) is 0 Å². The Kier molecular flexibility index (Phi) is 13.9. The van der Waals surface area contributed by atoms with Crippen LogP contribution in [0.1, 0.15) is 0 Å². The van der Waals surface area contributed by atoms with Crippen molar-refractivity contribution in [3.8, 4) is 0 Å². The quantitative estimate of drug-likeness (QED) is 0.376. The van der Waals surface area contributed by atoms with Gasteiger partial charge in [0, 0.05) is 19.5 Å². The summed E-state index contributed by atoms with van der Waals surface area (Å²) in [5.74, 6) is 0.